The number of aliphatic hydroxyl groups excluding tert-OH is 1. The van der Waals surface area contributed by atoms with E-state index in [4.69, 9.17) is 9.47 Å². The van der Waals surface area contributed by atoms with Crippen LogP contribution in [-0.4, -0.2) is 63.3 Å². The molecule has 0 bridgehead atoms. The minimum absolute atomic E-state index is 0.185. The summed E-state index contributed by atoms with van der Waals surface area (Å²) in [5, 5.41) is 12.6. The van der Waals surface area contributed by atoms with Gasteiger partial charge in [-0.3, -0.25) is 4.79 Å². The molecule has 0 radical (unpaired) electrons. The number of rotatable bonds is 9. The minimum Gasteiger partial charge on any atom is -0.469 e. The van der Waals surface area contributed by atoms with E-state index in [9.17, 15) is 9.90 Å². The number of methoxy groups -OCH3 is 1. The monoisotopic (exact) mass is 261 g/mol. The Morgan fingerprint density at radius 2 is 2.44 bits per heavy atom. The van der Waals surface area contributed by atoms with E-state index in [-0.39, 0.29) is 18.7 Å². The summed E-state index contributed by atoms with van der Waals surface area (Å²) in [6.45, 7) is 2.54. The van der Waals surface area contributed by atoms with Gasteiger partial charge < -0.3 is 24.6 Å². The minimum atomic E-state index is -0.566. The summed E-state index contributed by atoms with van der Waals surface area (Å²) in [5.74, 6) is -0.258. The van der Waals surface area contributed by atoms with Crippen molar-refractivity contribution in [2.45, 2.75) is 31.5 Å². The van der Waals surface area contributed by atoms with Crippen LogP contribution in [0.3, 0.4) is 0 Å². The van der Waals surface area contributed by atoms with Crippen molar-refractivity contribution in [2.24, 2.45) is 0 Å². The lowest BCUT2D eigenvalue weighted by Gasteiger charge is -2.14. The molecule has 18 heavy (non-hydrogen) atoms. The summed E-state index contributed by atoms with van der Waals surface area (Å²) in [7, 11) is 1.36. The molecule has 2 N–H and O–H groups in total. The maximum absolute atomic E-state index is 10.8. The maximum atomic E-state index is 10.8. The van der Waals surface area contributed by atoms with Crippen molar-refractivity contribution in [3.8, 4) is 0 Å². The molecule has 1 aliphatic heterocycles. The Bertz CT molecular complexity index is 231. The Balaban J connectivity index is 1.90. The second kappa shape index (κ2) is 9.27. The van der Waals surface area contributed by atoms with Crippen molar-refractivity contribution in [1.29, 1.82) is 0 Å². The predicted octanol–water partition coefficient (Wildman–Crippen LogP) is -0.304. The van der Waals surface area contributed by atoms with Crippen LogP contribution < -0.4 is 5.32 Å². The van der Waals surface area contributed by atoms with Crippen LogP contribution >= 0.6 is 0 Å². The molecule has 1 saturated heterocycles. The third-order valence-electron chi connectivity index (χ3n) is 2.75. The summed E-state index contributed by atoms with van der Waals surface area (Å²) in [4.78, 5) is 10.8. The van der Waals surface area contributed by atoms with Gasteiger partial charge in [0, 0.05) is 19.7 Å². The van der Waals surface area contributed by atoms with Gasteiger partial charge in [-0.1, -0.05) is 0 Å². The van der Waals surface area contributed by atoms with Gasteiger partial charge in [0.25, 0.3) is 0 Å². The van der Waals surface area contributed by atoms with Crippen molar-refractivity contribution in [3.63, 3.8) is 0 Å². The van der Waals surface area contributed by atoms with Gasteiger partial charge in [-0.25, -0.2) is 0 Å². The SMILES string of the molecule is COC(=O)CCNCC(O)COCC1CCCO1. The quantitative estimate of drug-likeness (QED) is 0.438. The molecule has 0 spiro atoms. The summed E-state index contributed by atoms with van der Waals surface area (Å²) in [6.07, 6.45) is 2.05. The molecule has 0 aromatic rings. The van der Waals surface area contributed by atoms with E-state index in [2.05, 4.69) is 10.1 Å². The van der Waals surface area contributed by atoms with E-state index >= 15 is 0 Å². The molecule has 1 heterocycles. The fourth-order valence-corrected chi connectivity index (χ4v) is 1.73. The third kappa shape index (κ3) is 6.90. The van der Waals surface area contributed by atoms with E-state index in [1.807, 2.05) is 0 Å². The number of carbonyl (C=O) groups is 1. The number of hydrogen-bond acceptors (Lipinski definition) is 6. The zero-order valence-corrected chi connectivity index (χ0v) is 10.9. The molecule has 2 atom stereocenters. The molecule has 106 valence electrons. The lowest BCUT2D eigenvalue weighted by atomic mass is 10.2. The zero-order valence-electron chi connectivity index (χ0n) is 10.9. The molecule has 6 nitrogen and oxygen atoms in total. The first kappa shape index (κ1) is 15.4. The molecule has 6 heteroatoms. The average molecular weight is 261 g/mol. The van der Waals surface area contributed by atoms with Crippen LogP contribution in [0.4, 0.5) is 0 Å². The molecule has 1 fully saturated rings. The normalized spacial score (nSPS) is 20.9. The molecular formula is C12H23NO5. The van der Waals surface area contributed by atoms with Crippen LogP contribution in [0.15, 0.2) is 0 Å². The number of aliphatic hydroxyl groups is 1. The largest absolute Gasteiger partial charge is 0.469 e. The summed E-state index contributed by atoms with van der Waals surface area (Å²) >= 11 is 0. The van der Waals surface area contributed by atoms with E-state index in [1.54, 1.807) is 0 Å². The molecular weight excluding hydrogens is 238 g/mol. The molecule has 0 amide bonds. The zero-order chi connectivity index (χ0) is 13.2. The van der Waals surface area contributed by atoms with Crippen LogP contribution in [0, 0.1) is 0 Å². The van der Waals surface area contributed by atoms with Crippen molar-refractivity contribution in [2.75, 3.05) is 40.0 Å². The summed E-state index contributed by atoms with van der Waals surface area (Å²) in [6, 6.07) is 0. The molecule has 0 aromatic heterocycles. The molecule has 0 aliphatic carbocycles. The van der Waals surface area contributed by atoms with E-state index in [1.165, 1.54) is 7.11 Å². The van der Waals surface area contributed by atoms with Crippen LogP contribution in [0.2, 0.25) is 0 Å². The molecule has 1 rings (SSSR count). The van der Waals surface area contributed by atoms with E-state index in [0.29, 0.717) is 26.1 Å². The van der Waals surface area contributed by atoms with Gasteiger partial charge >= 0.3 is 5.97 Å². The Kier molecular flexibility index (Phi) is 7.91. The topological polar surface area (TPSA) is 77.0 Å². The lowest BCUT2D eigenvalue weighted by molar-refractivity contribution is -0.140. The smallest absolute Gasteiger partial charge is 0.306 e. The highest BCUT2D eigenvalue weighted by Crippen LogP contribution is 2.11. The fraction of sp³-hybridized carbons (Fsp3) is 0.917. The number of hydrogen-bond donors (Lipinski definition) is 2. The standard InChI is InChI=1S/C12H23NO5/c1-16-12(15)4-5-13-7-10(14)8-17-9-11-3-2-6-18-11/h10-11,13-14H,2-9H2,1H3. The molecule has 1 aliphatic rings. The van der Waals surface area contributed by atoms with Crippen LogP contribution in [-0.2, 0) is 19.0 Å². The van der Waals surface area contributed by atoms with Crippen LogP contribution in [0.25, 0.3) is 0 Å². The third-order valence-corrected chi connectivity index (χ3v) is 2.75. The van der Waals surface area contributed by atoms with Gasteiger partial charge in [0.05, 0.1) is 39.0 Å². The number of carbonyl (C=O) groups excluding carboxylic acids is 1. The highest BCUT2D eigenvalue weighted by molar-refractivity contribution is 5.69. The fourth-order valence-electron chi connectivity index (χ4n) is 1.73. The van der Waals surface area contributed by atoms with E-state index < -0.39 is 6.10 Å². The van der Waals surface area contributed by atoms with Crippen LogP contribution in [0.5, 0.6) is 0 Å². The highest BCUT2D eigenvalue weighted by atomic mass is 16.5. The van der Waals surface area contributed by atoms with E-state index in [0.717, 1.165) is 19.4 Å². The molecule has 0 aromatic carbocycles. The number of ether oxygens (including phenoxy) is 3. The Labute approximate surface area is 108 Å². The first-order chi connectivity index (χ1) is 8.72. The van der Waals surface area contributed by atoms with Gasteiger partial charge in [0.2, 0.25) is 0 Å². The van der Waals surface area contributed by atoms with Crippen molar-refractivity contribution in [3.05, 3.63) is 0 Å². The first-order valence-electron chi connectivity index (χ1n) is 6.37. The van der Waals surface area contributed by atoms with Gasteiger partial charge in [-0.15, -0.1) is 0 Å². The Morgan fingerprint density at radius 1 is 1.61 bits per heavy atom. The van der Waals surface area contributed by atoms with Gasteiger partial charge in [-0.05, 0) is 12.8 Å². The van der Waals surface area contributed by atoms with Gasteiger partial charge in [0.15, 0.2) is 0 Å². The Morgan fingerprint density at radius 3 is 3.11 bits per heavy atom. The number of nitrogens with one attached hydrogen (secondary N) is 1. The second-order valence-electron chi connectivity index (χ2n) is 4.36. The predicted molar refractivity (Wildman–Crippen MR) is 65.3 cm³/mol. The summed E-state index contributed by atoms with van der Waals surface area (Å²) < 4.78 is 15.3. The first-order valence-corrected chi connectivity index (χ1v) is 6.37. The Hall–Kier alpha value is -0.690. The highest BCUT2D eigenvalue weighted by Gasteiger charge is 2.16. The summed E-state index contributed by atoms with van der Waals surface area (Å²) in [5.41, 5.74) is 0. The second-order valence-corrected chi connectivity index (χ2v) is 4.36. The van der Waals surface area contributed by atoms with Crippen molar-refractivity contribution >= 4 is 5.97 Å². The average Bonchev–Trinajstić information content (AvgIpc) is 2.87. The van der Waals surface area contributed by atoms with Crippen molar-refractivity contribution < 1.29 is 24.1 Å². The number of esters is 1. The van der Waals surface area contributed by atoms with Gasteiger partial charge in [-0.2, -0.15) is 0 Å². The van der Waals surface area contributed by atoms with Gasteiger partial charge in [0.1, 0.15) is 0 Å². The van der Waals surface area contributed by atoms with Crippen LogP contribution in [0.1, 0.15) is 19.3 Å². The molecule has 0 saturated carbocycles. The lowest BCUT2D eigenvalue weighted by Crippen LogP contribution is -2.32. The maximum Gasteiger partial charge on any atom is 0.306 e. The molecule has 2 unspecified atom stereocenters. The van der Waals surface area contributed by atoms with Crippen molar-refractivity contribution in [1.82, 2.24) is 5.32 Å².